The Bertz CT molecular complexity index is 65.2. The molecule has 9 heavy (non-hydrogen) atoms. The standard InChI is InChI=1S/C5H13NO3/c1-2-5(9)6(3-7)4-8/h5,7-9H,2-4H2,1H3. The molecule has 0 spiro atoms. The normalized spacial score (nSPS) is 14.3. The molecule has 4 nitrogen and oxygen atoms in total. The predicted octanol–water partition coefficient (Wildman–Crippen LogP) is -1.08. The van der Waals surface area contributed by atoms with Crippen LogP contribution in [0, 0.1) is 0 Å². The minimum atomic E-state index is -0.736. The molecule has 0 saturated carbocycles. The fourth-order valence-corrected chi connectivity index (χ4v) is 0.491. The maximum Gasteiger partial charge on any atom is 0.110 e. The molecule has 0 heterocycles. The van der Waals surface area contributed by atoms with Crippen molar-refractivity contribution in [3.05, 3.63) is 0 Å². The SMILES string of the molecule is CCC(O)N(CO)CO. The van der Waals surface area contributed by atoms with Crippen molar-refractivity contribution >= 4 is 0 Å². The van der Waals surface area contributed by atoms with Crippen molar-refractivity contribution in [2.75, 3.05) is 13.5 Å². The largest absolute Gasteiger partial charge is 0.381 e. The Labute approximate surface area is 54.3 Å². The third kappa shape index (κ3) is 2.76. The summed E-state index contributed by atoms with van der Waals surface area (Å²) >= 11 is 0. The summed E-state index contributed by atoms with van der Waals surface area (Å²) < 4.78 is 0. The summed E-state index contributed by atoms with van der Waals surface area (Å²) in [6, 6.07) is 0. The Kier molecular flexibility index (Phi) is 4.61. The Balaban J connectivity index is 3.50. The molecule has 0 aliphatic heterocycles. The Morgan fingerprint density at radius 2 is 1.78 bits per heavy atom. The topological polar surface area (TPSA) is 63.9 Å². The molecule has 0 bridgehead atoms. The zero-order valence-corrected chi connectivity index (χ0v) is 5.49. The van der Waals surface area contributed by atoms with Crippen molar-refractivity contribution < 1.29 is 15.3 Å². The van der Waals surface area contributed by atoms with Gasteiger partial charge in [0.2, 0.25) is 0 Å². The van der Waals surface area contributed by atoms with Crippen LogP contribution in [0.4, 0.5) is 0 Å². The first-order chi connectivity index (χ1) is 4.26. The van der Waals surface area contributed by atoms with Gasteiger partial charge in [0.1, 0.15) is 6.23 Å². The third-order valence-corrected chi connectivity index (χ3v) is 1.15. The first-order valence-corrected chi connectivity index (χ1v) is 2.90. The number of aliphatic hydroxyl groups is 3. The van der Waals surface area contributed by atoms with Crippen LogP contribution in [0.25, 0.3) is 0 Å². The molecule has 0 aliphatic rings. The van der Waals surface area contributed by atoms with E-state index in [1.54, 1.807) is 6.92 Å². The number of aliphatic hydroxyl groups excluding tert-OH is 3. The van der Waals surface area contributed by atoms with Crippen molar-refractivity contribution in [1.82, 2.24) is 4.90 Å². The third-order valence-electron chi connectivity index (χ3n) is 1.15. The Morgan fingerprint density at radius 1 is 1.33 bits per heavy atom. The van der Waals surface area contributed by atoms with Crippen LogP contribution in [0.1, 0.15) is 13.3 Å². The molecular formula is C5H13NO3. The molecule has 0 fully saturated rings. The summed E-state index contributed by atoms with van der Waals surface area (Å²) in [6.45, 7) is 1.14. The van der Waals surface area contributed by atoms with Crippen molar-refractivity contribution in [2.45, 2.75) is 19.6 Å². The molecule has 1 atom stereocenters. The summed E-state index contributed by atoms with van der Waals surface area (Å²) in [7, 11) is 0. The van der Waals surface area contributed by atoms with E-state index in [1.165, 1.54) is 0 Å². The monoisotopic (exact) mass is 135 g/mol. The molecule has 0 aliphatic carbocycles. The van der Waals surface area contributed by atoms with E-state index < -0.39 is 6.23 Å². The highest BCUT2D eigenvalue weighted by Crippen LogP contribution is 1.95. The van der Waals surface area contributed by atoms with Gasteiger partial charge in [-0.15, -0.1) is 0 Å². The van der Waals surface area contributed by atoms with Crippen LogP contribution in [-0.2, 0) is 0 Å². The van der Waals surface area contributed by atoms with Crippen LogP contribution in [0.5, 0.6) is 0 Å². The number of rotatable bonds is 4. The average molecular weight is 135 g/mol. The molecule has 0 aromatic rings. The highest BCUT2D eigenvalue weighted by atomic mass is 16.3. The summed E-state index contributed by atoms with van der Waals surface area (Å²) in [6.07, 6.45) is -0.235. The first-order valence-electron chi connectivity index (χ1n) is 2.90. The summed E-state index contributed by atoms with van der Waals surface area (Å²) in [5.74, 6) is 0. The van der Waals surface area contributed by atoms with Gasteiger partial charge in [-0.3, -0.25) is 0 Å². The van der Waals surface area contributed by atoms with Gasteiger partial charge in [-0.25, -0.2) is 4.90 Å². The van der Waals surface area contributed by atoms with Crippen LogP contribution in [0.15, 0.2) is 0 Å². The Morgan fingerprint density at radius 3 is 1.89 bits per heavy atom. The van der Waals surface area contributed by atoms with Crippen molar-refractivity contribution in [3.8, 4) is 0 Å². The van der Waals surface area contributed by atoms with Crippen LogP contribution < -0.4 is 0 Å². The van der Waals surface area contributed by atoms with Gasteiger partial charge in [-0.1, -0.05) is 6.92 Å². The van der Waals surface area contributed by atoms with E-state index in [4.69, 9.17) is 15.3 Å². The molecule has 0 radical (unpaired) electrons. The molecule has 0 aromatic carbocycles. The van der Waals surface area contributed by atoms with Gasteiger partial charge in [0.25, 0.3) is 0 Å². The molecular weight excluding hydrogens is 122 g/mol. The first kappa shape index (κ1) is 8.84. The van der Waals surface area contributed by atoms with E-state index >= 15 is 0 Å². The van der Waals surface area contributed by atoms with Crippen molar-refractivity contribution in [3.63, 3.8) is 0 Å². The lowest BCUT2D eigenvalue weighted by Crippen LogP contribution is -2.36. The van der Waals surface area contributed by atoms with Gasteiger partial charge in [-0.05, 0) is 6.42 Å². The molecule has 0 saturated heterocycles. The van der Waals surface area contributed by atoms with Crippen LogP contribution >= 0.6 is 0 Å². The minimum absolute atomic E-state index is 0.314. The van der Waals surface area contributed by atoms with Gasteiger partial charge >= 0.3 is 0 Å². The van der Waals surface area contributed by atoms with Gasteiger partial charge in [-0.2, -0.15) is 0 Å². The highest BCUT2D eigenvalue weighted by Gasteiger charge is 2.09. The van der Waals surface area contributed by atoms with E-state index in [-0.39, 0.29) is 13.5 Å². The van der Waals surface area contributed by atoms with Gasteiger partial charge in [0.05, 0.1) is 13.5 Å². The number of hydrogen-bond acceptors (Lipinski definition) is 4. The van der Waals surface area contributed by atoms with Crippen molar-refractivity contribution in [1.29, 1.82) is 0 Å². The molecule has 4 heteroatoms. The quantitative estimate of drug-likeness (QED) is 0.429. The summed E-state index contributed by atoms with van der Waals surface area (Å²) in [5, 5.41) is 25.8. The van der Waals surface area contributed by atoms with Crippen LogP contribution in [0.2, 0.25) is 0 Å². The van der Waals surface area contributed by atoms with E-state index in [9.17, 15) is 0 Å². The molecule has 0 aromatic heterocycles. The lowest BCUT2D eigenvalue weighted by Gasteiger charge is -2.21. The molecule has 1 unspecified atom stereocenters. The predicted molar refractivity (Wildman–Crippen MR) is 32.3 cm³/mol. The average Bonchev–Trinajstić information content (AvgIpc) is 1.90. The zero-order valence-electron chi connectivity index (χ0n) is 5.49. The van der Waals surface area contributed by atoms with Crippen LogP contribution in [-0.4, -0.2) is 39.9 Å². The minimum Gasteiger partial charge on any atom is -0.381 e. The second-order valence-corrected chi connectivity index (χ2v) is 1.76. The van der Waals surface area contributed by atoms with Gasteiger partial charge < -0.3 is 15.3 Å². The molecule has 0 amide bonds. The van der Waals surface area contributed by atoms with Crippen LogP contribution in [0.3, 0.4) is 0 Å². The fourth-order valence-electron chi connectivity index (χ4n) is 0.491. The van der Waals surface area contributed by atoms with Gasteiger partial charge in [0, 0.05) is 0 Å². The number of nitrogens with zero attached hydrogens (tertiary/aromatic N) is 1. The van der Waals surface area contributed by atoms with Crippen molar-refractivity contribution in [2.24, 2.45) is 0 Å². The smallest absolute Gasteiger partial charge is 0.110 e. The molecule has 3 N–H and O–H groups in total. The van der Waals surface area contributed by atoms with Gasteiger partial charge in [0.15, 0.2) is 0 Å². The maximum absolute atomic E-state index is 8.92. The molecule has 0 rings (SSSR count). The van der Waals surface area contributed by atoms with E-state index in [1.807, 2.05) is 0 Å². The summed E-state index contributed by atoms with van der Waals surface area (Å²) in [4.78, 5) is 1.14. The second-order valence-electron chi connectivity index (χ2n) is 1.76. The van der Waals surface area contributed by atoms with E-state index in [2.05, 4.69) is 0 Å². The van der Waals surface area contributed by atoms with E-state index in [0.717, 1.165) is 4.90 Å². The zero-order chi connectivity index (χ0) is 7.28. The second kappa shape index (κ2) is 4.69. The number of hydrogen-bond donors (Lipinski definition) is 3. The fraction of sp³-hybridized carbons (Fsp3) is 1.00. The van der Waals surface area contributed by atoms with E-state index in [0.29, 0.717) is 6.42 Å². The Hall–Kier alpha value is -0.160. The molecule has 56 valence electrons. The summed E-state index contributed by atoms with van der Waals surface area (Å²) in [5.41, 5.74) is 0. The highest BCUT2D eigenvalue weighted by molar-refractivity contribution is 4.48. The lowest BCUT2D eigenvalue weighted by molar-refractivity contribution is -0.0886. The lowest BCUT2D eigenvalue weighted by atomic mass is 10.4. The maximum atomic E-state index is 8.92.